The number of aryl methyl sites for hydroxylation is 1. The van der Waals surface area contributed by atoms with Crippen LogP contribution in [0.2, 0.25) is 0 Å². The van der Waals surface area contributed by atoms with Gasteiger partial charge in [-0.05, 0) is 68.9 Å². The lowest BCUT2D eigenvalue weighted by atomic mass is 10.0. The number of alkyl halides is 3. The molecule has 5 atom stereocenters. The van der Waals surface area contributed by atoms with E-state index in [0.29, 0.717) is 64.9 Å². The number of carbonyl (C=O) groups is 3. The van der Waals surface area contributed by atoms with Gasteiger partial charge in [-0.25, -0.2) is 14.4 Å². The van der Waals surface area contributed by atoms with E-state index in [-0.39, 0.29) is 36.9 Å². The maximum Gasteiger partial charge on any atom is 0.416 e. The molecule has 4 aromatic rings. The lowest BCUT2D eigenvalue weighted by Crippen LogP contribution is -2.56. The number of hydrogen-bond acceptors (Lipinski definition) is 9. The van der Waals surface area contributed by atoms with E-state index >= 15 is 0 Å². The molecule has 3 aliphatic rings. The topological polar surface area (TPSA) is 149 Å². The zero-order valence-electron chi connectivity index (χ0n) is 32.6. The van der Waals surface area contributed by atoms with Gasteiger partial charge in [-0.15, -0.1) is 11.3 Å². The fraction of sp³-hybridized carbons (Fsp3) is 0.452. The monoisotopic (exact) mass is 822 g/mol. The molecule has 1 aliphatic carbocycles. The first-order chi connectivity index (χ1) is 27.6. The predicted octanol–water partition coefficient (Wildman–Crippen LogP) is 7.67. The minimum absolute atomic E-state index is 0.0147. The number of allylic oxidation sites excluding steroid dienone is 1. The summed E-state index contributed by atoms with van der Waals surface area (Å²) in [6, 6.07) is 5.20. The van der Waals surface area contributed by atoms with Crippen LogP contribution in [-0.2, 0) is 20.6 Å². The Morgan fingerprint density at radius 3 is 2.60 bits per heavy atom. The summed E-state index contributed by atoms with van der Waals surface area (Å²) in [5, 5.41) is 9.05. The molecule has 1 saturated heterocycles. The van der Waals surface area contributed by atoms with E-state index in [1.165, 1.54) is 16.2 Å². The quantitative estimate of drug-likeness (QED) is 0.121. The summed E-state index contributed by atoms with van der Waals surface area (Å²) >= 11 is 1.45. The summed E-state index contributed by atoms with van der Waals surface area (Å²) in [5.74, 6) is -2.08. The van der Waals surface area contributed by atoms with Gasteiger partial charge in [-0.2, -0.15) is 13.2 Å². The SMILES string of the molecule is COc1ccc2c(O[C@@H]3C[C@H]4C(=O)N[C@]5(C(N)=O)C[C@H]5/C=C\CCCCC[C@H](Nc5cc(F)cc(C(F)(F)F)c5)C(=O)N4C3)cc(-c3nc(C(C)C)cs3)nc2c1C. The van der Waals surface area contributed by atoms with Gasteiger partial charge in [0.05, 0.1) is 30.4 Å². The van der Waals surface area contributed by atoms with Crippen LogP contribution in [-0.4, -0.2) is 70.0 Å². The second-order valence-corrected chi connectivity index (χ2v) is 16.5. The highest BCUT2D eigenvalue weighted by molar-refractivity contribution is 7.13. The molecule has 58 heavy (non-hydrogen) atoms. The molecule has 308 valence electrons. The van der Waals surface area contributed by atoms with Gasteiger partial charge in [0.2, 0.25) is 17.7 Å². The number of anilines is 1. The Balaban J connectivity index is 1.26. The number of fused-ring (bicyclic) bond motifs is 3. The van der Waals surface area contributed by atoms with Crippen molar-refractivity contribution in [2.24, 2.45) is 11.7 Å². The third kappa shape index (κ3) is 8.34. The van der Waals surface area contributed by atoms with Crippen LogP contribution in [0, 0.1) is 18.7 Å². The number of hydrogen-bond donors (Lipinski definition) is 3. The molecule has 0 spiro atoms. The molecular formula is C42H46F4N6O5S. The average molecular weight is 823 g/mol. The molecule has 4 heterocycles. The number of rotatable bonds is 8. The van der Waals surface area contributed by atoms with Crippen LogP contribution in [0.3, 0.4) is 0 Å². The molecular weight excluding hydrogens is 777 g/mol. The van der Waals surface area contributed by atoms with Crippen molar-refractivity contribution in [2.75, 3.05) is 19.0 Å². The minimum Gasteiger partial charge on any atom is -0.496 e. The maximum absolute atomic E-state index is 14.7. The highest BCUT2D eigenvalue weighted by Crippen LogP contribution is 2.45. The van der Waals surface area contributed by atoms with E-state index in [2.05, 4.69) is 10.6 Å². The number of carbonyl (C=O) groups excluding carboxylic acids is 3. The average Bonchev–Trinajstić information content (AvgIpc) is 3.45. The van der Waals surface area contributed by atoms with Gasteiger partial charge in [0.25, 0.3) is 0 Å². The molecule has 2 aromatic carbocycles. The van der Waals surface area contributed by atoms with Crippen molar-refractivity contribution in [1.29, 1.82) is 0 Å². The van der Waals surface area contributed by atoms with Crippen molar-refractivity contribution in [2.45, 2.75) is 102 Å². The number of thiazole rings is 1. The molecule has 11 nitrogen and oxygen atoms in total. The van der Waals surface area contributed by atoms with Crippen molar-refractivity contribution in [3.63, 3.8) is 0 Å². The van der Waals surface area contributed by atoms with Crippen LogP contribution in [0.1, 0.15) is 81.5 Å². The Hall–Kier alpha value is -5.25. The molecule has 0 unspecified atom stereocenters. The van der Waals surface area contributed by atoms with Gasteiger partial charge in [0, 0.05) is 40.4 Å². The summed E-state index contributed by atoms with van der Waals surface area (Å²) in [6.45, 7) is 5.90. The largest absolute Gasteiger partial charge is 0.496 e. The number of halogens is 4. The molecule has 2 fully saturated rings. The number of methoxy groups -OCH3 is 1. The van der Waals surface area contributed by atoms with Crippen LogP contribution in [0.15, 0.2) is 53.9 Å². The Kier molecular flexibility index (Phi) is 11.4. The van der Waals surface area contributed by atoms with Crippen LogP contribution in [0.4, 0.5) is 23.2 Å². The first-order valence-electron chi connectivity index (χ1n) is 19.4. The first kappa shape index (κ1) is 40.9. The molecule has 4 N–H and O–H groups in total. The van der Waals surface area contributed by atoms with Crippen molar-refractivity contribution in [1.82, 2.24) is 20.2 Å². The highest BCUT2D eigenvalue weighted by Gasteiger charge is 2.60. The molecule has 7 rings (SSSR count). The fourth-order valence-corrected chi connectivity index (χ4v) is 8.83. The Bertz CT molecular complexity index is 2260. The zero-order chi connectivity index (χ0) is 41.5. The van der Waals surface area contributed by atoms with E-state index in [0.717, 1.165) is 29.8 Å². The van der Waals surface area contributed by atoms with Gasteiger partial charge in [-0.1, -0.05) is 38.8 Å². The molecule has 2 aromatic heterocycles. The van der Waals surface area contributed by atoms with E-state index in [1.807, 2.05) is 44.4 Å². The molecule has 2 aliphatic heterocycles. The Morgan fingerprint density at radius 1 is 1.10 bits per heavy atom. The van der Waals surface area contributed by atoms with Crippen molar-refractivity contribution in [3.8, 4) is 22.2 Å². The third-order valence-electron chi connectivity index (χ3n) is 11.2. The van der Waals surface area contributed by atoms with Crippen molar-refractivity contribution < 1.29 is 41.4 Å². The molecule has 0 radical (unpaired) electrons. The standard InChI is InChI=1S/C42H46F4N6O5S/c1-22(2)32-21-58-38(50-32)31-18-35(29-12-13-34(56-4)23(3)36(29)49-31)57-28-17-33-37(53)51-41(40(47)55)19-24(41)10-8-6-5-7-9-11-30(39(54)52(33)20-28)48-27-15-25(42(44,45)46)14-26(43)16-27/h8,10,12-16,18,21-22,24,28,30,33,48H,5-7,9,11,17,19-20H2,1-4H3,(H2,47,55)(H,51,53)/b10-8-/t24-,28-,30+,33+,41-/m1/s1. The number of primary amides is 1. The molecule has 0 bridgehead atoms. The second-order valence-electron chi connectivity index (χ2n) is 15.6. The molecule has 16 heteroatoms. The molecule has 1 saturated carbocycles. The number of ether oxygens (including phenoxy) is 2. The summed E-state index contributed by atoms with van der Waals surface area (Å²) in [4.78, 5) is 52.9. The number of nitrogens with two attached hydrogens (primary N) is 1. The van der Waals surface area contributed by atoms with Crippen LogP contribution >= 0.6 is 11.3 Å². The zero-order valence-corrected chi connectivity index (χ0v) is 33.4. The summed E-state index contributed by atoms with van der Waals surface area (Å²) in [7, 11) is 1.57. The van der Waals surface area contributed by atoms with E-state index < -0.39 is 59.0 Å². The van der Waals surface area contributed by atoms with Crippen molar-refractivity contribution >= 4 is 45.6 Å². The summed E-state index contributed by atoms with van der Waals surface area (Å²) < 4.78 is 68.0. The number of nitrogens with one attached hydrogen (secondary N) is 2. The second kappa shape index (κ2) is 16.2. The first-order valence-corrected chi connectivity index (χ1v) is 20.3. The third-order valence-corrected chi connectivity index (χ3v) is 12.1. The fourth-order valence-electron chi connectivity index (χ4n) is 7.89. The number of aromatic nitrogens is 2. The predicted molar refractivity (Wildman–Crippen MR) is 212 cm³/mol. The van der Waals surface area contributed by atoms with E-state index in [1.54, 1.807) is 19.2 Å². The van der Waals surface area contributed by atoms with Gasteiger partial charge in [0.15, 0.2) is 0 Å². The Labute approximate surface area is 337 Å². The van der Waals surface area contributed by atoms with Gasteiger partial charge in [0.1, 0.15) is 51.7 Å². The summed E-state index contributed by atoms with van der Waals surface area (Å²) in [5.41, 5.74) is 5.95. The summed E-state index contributed by atoms with van der Waals surface area (Å²) in [6.07, 6.45) is 1.38. The smallest absolute Gasteiger partial charge is 0.416 e. The van der Waals surface area contributed by atoms with Gasteiger partial charge < -0.3 is 30.7 Å². The normalized spacial score (nSPS) is 24.7. The van der Waals surface area contributed by atoms with Crippen LogP contribution in [0.25, 0.3) is 21.6 Å². The lowest BCUT2D eigenvalue weighted by Gasteiger charge is -2.30. The maximum atomic E-state index is 14.7. The number of nitrogens with zero attached hydrogens (tertiary/aromatic N) is 3. The van der Waals surface area contributed by atoms with Gasteiger partial charge >= 0.3 is 6.18 Å². The van der Waals surface area contributed by atoms with E-state index in [9.17, 15) is 31.9 Å². The van der Waals surface area contributed by atoms with Crippen molar-refractivity contribution in [3.05, 3.63) is 76.6 Å². The highest BCUT2D eigenvalue weighted by atomic mass is 32.1. The van der Waals surface area contributed by atoms with Gasteiger partial charge in [-0.3, -0.25) is 14.4 Å². The van der Waals surface area contributed by atoms with Crippen LogP contribution < -0.4 is 25.8 Å². The number of amides is 3. The minimum atomic E-state index is -4.82. The lowest BCUT2D eigenvalue weighted by molar-refractivity contribution is -0.140. The number of benzene rings is 2. The molecule has 3 amide bonds. The number of pyridine rings is 1. The Morgan fingerprint density at radius 2 is 1.90 bits per heavy atom. The van der Waals surface area contributed by atoms with Crippen LogP contribution in [0.5, 0.6) is 11.5 Å². The van der Waals surface area contributed by atoms with E-state index in [4.69, 9.17) is 25.2 Å².